The molecule has 1 unspecified atom stereocenters. The van der Waals surface area contributed by atoms with Crippen LogP contribution in [0, 0.1) is 5.92 Å². The first kappa shape index (κ1) is 22.4. The van der Waals surface area contributed by atoms with E-state index in [1.165, 1.54) is 89.9 Å². The zero-order valence-electron chi connectivity index (χ0n) is 16.8. The molecule has 1 aliphatic carbocycles. The van der Waals surface area contributed by atoms with Gasteiger partial charge in [-0.2, -0.15) is 0 Å². The molecule has 2 heteroatoms. The van der Waals surface area contributed by atoms with E-state index in [2.05, 4.69) is 6.92 Å². The van der Waals surface area contributed by atoms with E-state index >= 15 is 0 Å². The summed E-state index contributed by atoms with van der Waals surface area (Å²) in [6, 6.07) is 0. The van der Waals surface area contributed by atoms with Gasteiger partial charge in [-0.15, -0.1) is 0 Å². The van der Waals surface area contributed by atoms with Crippen LogP contribution in [0.5, 0.6) is 0 Å². The average molecular weight is 351 g/mol. The molecule has 0 aliphatic heterocycles. The Morgan fingerprint density at radius 2 is 1.08 bits per heavy atom. The molecule has 1 saturated carbocycles. The maximum Gasteiger partial charge on any atom is 0.136 e. The summed E-state index contributed by atoms with van der Waals surface area (Å²) in [5, 5.41) is 0. The fraction of sp³-hybridized carbons (Fsp3) is 0.913. The number of ketones is 2. The van der Waals surface area contributed by atoms with Gasteiger partial charge in [0.2, 0.25) is 0 Å². The molecule has 25 heavy (non-hydrogen) atoms. The molecule has 0 amide bonds. The summed E-state index contributed by atoms with van der Waals surface area (Å²) >= 11 is 0. The summed E-state index contributed by atoms with van der Waals surface area (Å²) in [5.41, 5.74) is 0. The van der Waals surface area contributed by atoms with Gasteiger partial charge in [-0.1, -0.05) is 103 Å². The minimum atomic E-state index is 0.0585. The second-order valence-electron chi connectivity index (χ2n) is 8.14. The highest BCUT2D eigenvalue weighted by molar-refractivity contribution is 5.94. The Balaban J connectivity index is 1.77. The lowest BCUT2D eigenvalue weighted by Crippen LogP contribution is -2.24. The van der Waals surface area contributed by atoms with Crippen LogP contribution in [0.4, 0.5) is 0 Å². The van der Waals surface area contributed by atoms with Crippen molar-refractivity contribution in [3.63, 3.8) is 0 Å². The van der Waals surface area contributed by atoms with E-state index in [-0.39, 0.29) is 5.92 Å². The summed E-state index contributed by atoms with van der Waals surface area (Å²) < 4.78 is 0. The molecule has 1 fully saturated rings. The summed E-state index contributed by atoms with van der Waals surface area (Å²) in [6.07, 6.45) is 23.0. The van der Waals surface area contributed by atoms with Crippen molar-refractivity contribution < 1.29 is 9.59 Å². The number of hydrogen-bond acceptors (Lipinski definition) is 2. The molecule has 0 bridgehead atoms. The molecular formula is C23H42O2. The summed E-state index contributed by atoms with van der Waals surface area (Å²) in [5.74, 6) is 0.693. The van der Waals surface area contributed by atoms with Crippen LogP contribution < -0.4 is 0 Å². The molecule has 0 radical (unpaired) electrons. The van der Waals surface area contributed by atoms with E-state index < -0.39 is 0 Å². The van der Waals surface area contributed by atoms with E-state index in [4.69, 9.17) is 0 Å². The van der Waals surface area contributed by atoms with Crippen molar-refractivity contribution in [2.45, 2.75) is 129 Å². The maximum atomic E-state index is 11.8. The molecular weight excluding hydrogens is 308 g/mol. The summed E-state index contributed by atoms with van der Waals surface area (Å²) in [6.45, 7) is 2.28. The van der Waals surface area contributed by atoms with Gasteiger partial charge in [0.25, 0.3) is 0 Å². The summed E-state index contributed by atoms with van der Waals surface area (Å²) in [4.78, 5) is 23.2. The third kappa shape index (κ3) is 12.3. The Morgan fingerprint density at radius 1 is 0.640 bits per heavy atom. The van der Waals surface area contributed by atoms with Gasteiger partial charge < -0.3 is 0 Å². The fourth-order valence-corrected chi connectivity index (χ4v) is 3.98. The third-order valence-corrected chi connectivity index (χ3v) is 5.74. The van der Waals surface area contributed by atoms with E-state index in [0.717, 1.165) is 12.8 Å². The van der Waals surface area contributed by atoms with Crippen LogP contribution in [0.1, 0.15) is 129 Å². The van der Waals surface area contributed by atoms with Crippen molar-refractivity contribution in [2.24, 2.45) is 5.92 Å². The number of Topliss-reactive ketones (excluding diaryl/α,β-unsaturated/α-hetero) is 2. The van der Waals surface area contributed by atoms with E-state index in [1.54, 1.807) is 0 Å². The first-order valence-corrected chi connectivity index (χ1v) is 11.3. The molecule has 1 rings (SSSR count). The minimum absolute atomic E-state index is 0.0585. The lowest BCUT2D eigenvalue weighted by molar-refractivity contribution is -0.133. The number of rotatable bonds is 16. The second kappa shape index (κ2) is 15.6. The highest BCUT2D eigenvalue weighted by Gasteiger charge is 2.26. The van der Waals surface area contributed by atoms with Gasteiger partial charge in [-0.25, -0.2) is 0 Å². The Kier molecular flexibility index (Phi) is 14.0. The van der Waals surface area contributed by atoms with Crippen LogP contribution in [-0.4, -0.2) is 11.6 Å². The Hall–Kier alpha value is -0.660. The van der Waals surface area contributed by atoms with Gasteiger partial charge in [-0.3, -0.25) is 9.59 Å². The lowest BCUT2D eigenvalue weighted by Gasteiger charge is -2.19. The smallest absolute Gasteiger partial charge is 0.136 e. The van der Waals surface area contributed by atoms with Crippen molar-refractivity contribution in [2.75, 3.05) is 0 Å². The van der Waals surface area contributed by atoms with Gasteiger partial charge in [0.1, 0.15) is 11.6 Å². The zero-order chi connectivity index (χ0) is 18.2. The SMILES string of the molecule is CCCCCCCCCCCCCCCCCC1CC(=O)CCC1=O. The van der Waals surface area contributed by atoms with Crippen molar-refractivity contribution >= 4 is 11.6 Å². The minimum Gasteiger partial charge on any atom is -0.300 e. The van der Waals surface area contributed by atoms with E-state index in [9.17, 15) is 9.59 Å². The van der Waals surface area contributed by atoms with Crippen LogP contribution in [0.15, 0.2) is 0 Å². The monoisotopic (exact) mass is 350 g/mol. The van der Waals surface area contributed by atoms with Crippen LogP contribution in [0.25, 0.3) is 0 Å². The van der Waals surface area contributed by atoms with Gasteiger partial charge in [-0.05, 0) is 6.42 Å². The first-order valence-electron chi connectivity index (χ1n) is 11.3. The maximum absolute atomic E-state index is 11.8. The molecule has 0 aromatic heterocycles. The topological polar surface area (TPSA) is 34.1 Å². The van der Waals surface area contributed by atoms with E-state index in [0.29, 0.717) is 30.8 Å². The van der Waals surface area contributed by atoms with Crippen molar-refractivity contribution in [3.8, 4) is 0 Å². The van der Waals surface area contributed by atoms with Crippen LogP contribution in [0.3, 0.4) is 0 Å². The van der Waals surface area contributed by atoms with Crippen molar-refractivity contribution in [1.82, 2.24) is 0 Å². The Labute approximate surface area is 156 Å². The largest absolute Gasteiger partial charge is 0.300 e. The molecule has 2 nitrogen and oxygen atoms in total. The standard InChI is InChI=1S/C23H42O2/c1-2-3-4-5-6-7-8-9-10-11-12-13-14-15-16-17-21-20-22(24)18-19-23(21)25/h21H,2-20H2,1H3. The number of hydrogen-bond donors (Lipinski definition) is 0. The molecule has 146 valence electrons. The number of unbranched alkanes of at least 4 members (excludes halogenated alkanes) is 14. The summed E-state index contributed by atoms with van der Waals surface area (Å²) in [7, 11) is 0. The first-order chi connectivity index (χ1) is 12.2. The van der Waals surface area contributed by atoms with Crippen LogP contribution >= 0.6 is 0 Å². The second-order valence-corrected chi connectivity index (χ2v) is 8.14. The fourth-order valence-electron chi connectivity index (χ4n) is 3.98. The van der Waals surface area contributed by atoms with Crippen molar-refractivity contribution in [1.29, 1.82) is 0 Å². The molecule has 0 spiro atoms. The quantitative estimate of drug-likeness (QED) is 0.276. The molecule has 0 aromatic rings. The molecule has 0 heterocycles. The average Bonchev–Trinajstić information content (AvgIpc) is 2.61. The number of carbonyl (C=O) groups excluding carboxylic acids is 2. The normalized spacial score (nSPS) is 18.0. The van der Waals surface area contributed by atoms with E-state index in [1.807, 2.05) is 0 Å². The Morgan fingerprint density at radius 3 is 1.56 bits per heavy atom. The lowest BCUT2D eigenvalue weighted by atomic mass is 9.83. The molecule has 1 atom stereocenters. The van der Waals surface area contributed by atoms with Gasteiger partial charge in [0.05, 0.1) is 0 Å². The van der Waals surface area contributed by atoms with Gasteiger partial charge in [0, 0.05) is 25.2 Å². The predicted octanol–water partition coefficient (Wildman–Crippen LogP) is 7.19. The van der Waals surface area contributed by atoms with Gasteiger partial charge >= 0.3 is 0 Å². The highest BCUT2D eigenvalue weighted by Crippen LogP contribution is 2.23. The molecule has 0 saturated heterocycles. The van der Waals surface area contributed by atoms with Gasteiger partial charge in [0.15, 0.2) is 0 Å². The number of carbonyl (C=O) groups is 2. The van der Waals surface area contributed by atoms with Crippen molar-refractivity contribution in [3.05, 3.63) is 0 Å². The zero-order valence-corrected chi connectivity index (χ0v) is 16.8. The molecule has 0 N–H and O–H groups in total. The van der Waals surface area contributed by atoms with Crippen LogP contribution in [0.2, 0.25) is 0 Å². The molecule has 0 aromatic carbocycles. The molecule has 1 aliphatic rings. The van der Waals surface area contributed by atoms with Crippen LogP contribution in [-0.2, 0) is 9.59 Å². The highest BCUT2D eigenvalue weighted by atomic mass is 16.1. The third-order valence-electron chi connectivity index (χ3n) is 5.74. The Bertz CT molecular complexity index is 348. The predicted molar refractivity (Wildman–Crippen MR) is 107 cm³/mol.